The number of carboxylic acids is 1. The predicted octanol–water partition coefficient (Wildman–Crippen LogP) is 2.75. The maximum Gasteiger partial charge on any atom is 0.308 e. The van der Waals surface area contributed by atoms with Crippen LogP contribution in [0.5, 0.6) is 0 Å². The van der Waals surface area contributed by atoms with Gasteiger partial charge in [-0.15, -0.1) is 0 Å². The van der Waals surface area contributed by atoms with Gasteiger partial charge in [-0.05, 0) is 31.1 Å². The Balaban J connectivity index is 1.96. The fourth-order valence-corrected chi connectivity index (χ4v) is 3.58. The lowest BCUT2D eigenvalue weighted by Gasteiger charge is -2.55. The summed E-state index contributed by atoms with van der Waals surface area (Å²) in [5.41, 5.74) is 0.487. The van der Waals surface area contributed by atoms with Crippen molar-refractivity contribution in [2.24, 2.45) is 11.3 Å². The van der Waals surface area contributed by atoms with Crippen LogP contribution in [0.25, 0.3) is 0 Å². The van der Waals surface area contributed by atoms with Gasteiger partial charge in [0.25, 0.3) is 0 Å². The first-order chi connectivity index (χ1) is 8.12. The van der Waals surface area contributed by atoms with Gasteiger partial charge >= 0.3 is 5.97 Å². The van der Waals surface area contributed by atoms with E-state index < -0.39 is 5.97 Å². The summed E-state index contributed by atoms with van der Waals surface area (Å²) >= 11 is 0. The third kappa shape index (κ3) is 2.35. The van der Waals surface area contributed by atoms with Crippen LogP contribution >= 0.6 is 0 Å². The van der Waals surface area contributed by atoms with Crippen molar-refractivity contribution in [3.05, 3.63) is 0 Å². The molecule has 1 saturated heterocycles. The molecule has 98 valence electrons. The Labute approximate surface area is 104 Å². The Morgan fingerprint density at radius 3 is 2.35 bits per heavy atom. The molecule has 1 aliphatic heterocycles. The molecular formula is C14H25NO2. The molecule has 0 radical (unpaired) electrons. The minimum atomic E-state index is -0.583. The highest BCUT2D eigenvalue weighted by Gasteiger charge is 2.46. The van der Waals surface area contributed by atoms with Gasteiger partial charge in [-0.25, -0.2) is 0 Å². The van der Waals surface area contributed by atoms with E-state index in [1.807, 2.05) is 0 Å². The van der Waals surface area contributed by atoms with Gasteiger partial charge in [0.1, 0.15) is 0 Å². The van der Waals surface area contributed by atoms with Crippen LogP contribution in [-0.2, 0) is 4.79 Å². The van der Waals surface area contributed by atoms with E-state index in [1.165, 1.54) is 19.3 Å². The number of hydrogen-bond donors (Lipinski definition) is 1. The monoisotopic (exact) mass is 239 g/mol. The fraction of sp³-hybridized carbons (Fsp3) is 0.929. The Kier molecular flexibility index (Phi) is 3.76. The minimum Gasteiger partial charge on any atom is -0.481 e. The summed E-state index contributed by atoms with van der Waals surface area (Å²) in [5, 5.41) is 9.29. The summed E-state index contributed by atoms with van der Waals surface area (Å²) in [7, 11) is 0. The van der Waals surface area contributed by atoms with Crippen LogP contribution in [0.1, 0.15) is 52.4 Å². The second-order valence-corrected chi connectivity index (χ2v) is 5.91. The van der Waals surface area contributed by atoms with Crippen LogP contribution < -0.4 is 0 Å². The zero-order valence-electron chi connectivity index (χ0n) is 11.1. The van der Waals surface area contributed by atoms with E-state index in [2.05, 4.69) is 18.7 Å². The zero-order chi connectivity index (χ0) is 12.5. The normalized spacial score (nSPS) is 33.1. The number of rotatable bonds is 4. The van der Waals surface area contributed by atoms with E-state index in [4.69, 9.17) is 0 Å². The number of likely N-dealkylation sites (tertiary alicyclic amines) is 1. The SMILES string of the molecule is CCC1(CC)CN(C2CCCCC2C(=O)O)C1. The van der Waals surface area contributed by atoms with Gasteiger partial charge in [-0.1, -0.05) is 26.7 Å². The van der Waals surface area contributed by atoms with Crippen molar-refractivity contribution < 1.29 is 9.90 Å². The molecule has 3 nitrogen and oxygen atoms in total. The lowest BCUT2D eigenvalue weighted by atomic mass is 9.71. The molecule has 0 aromatic heterocycles. The van der Waals surface area contributed by atoms with E-state index in [9.17, 15) is 9.90 Å². The van der Waals surface area contributed by atoms with E-state index in [0.29, 0.717) is 11.5 Å². The molecule has 3 heteroatoms. The van der Waals surface area contributed by atoms with Crippen molar-refractivity contribution >= 4 is 5.97 Å². The maximum absolute atomic E-state index is 11.3. The van der Waals surface area contributed by atoms with Crippen molar-refractivity contribution in [3.8, 4) is 0 Å². The maximum atomic E-state index is 11.3. The number of carboxylic acid groups (broad SMARTS) is 1. The van der Waals surface area contributed by atoms with E-state index in [-0.39, 0.29) is 5.92 Å². The fourth-order valence-electron chi connectivity index (χ4n) is 3.58. The largest absolute Gasteiger partial charge is 0.481 e. The molecule has 17 heavy (non-hydrogen) atoms. The Bertz CT molecular complexity index is 278. The van der Waals surface area contributed by atoms with Crippen molar-refractivity contribution in [1.29, 1.82) is 0 Å². The molecule has 1 heterocycles. The third-order valence-corrected chi connectivity index (χ3v) is 5.09. The Morgan fingerprint density at radius 1 is 1.24 bits per heavy atom. The first-order valence-electron chi connectivity index (χ1n) is 7.09. The quantitative estimate of drug-likeness (QED) is 0.820. The van der Waals surface area contributed by atoms with E-state index >= 15 is 0 Å². The second-order valence-electron chi connectivity index (χ2n) is 5.91. The minimum absolute atomic E-state index is 0.115. The lowest BCUT2D eigenvalue weighted by molar-refractivity contribution is -0.149. The number of aliphatic carboxylic acids is 1. The molecule has 0 amide bonds. The van der Waals surface area contributed by atoms with Gasteiger partial charge in [0.15, 0.2) is 0 Å². The molecule has 2 rings (SSSR count). The lowest BCUT2D eigenvalue weighted by Crippen LogP contribution is -2.62. The van der Waals surface area contributed by atoms with Gasteiger partial charge in [-0.3, -0.25) is 9.69 Å². The number of hydrogen-bond acceptors (Lipinski definition) is 2. The van der Waals surface area contributed by atoms with Gasteiger partial charge in [0.2, 0.25) is 0 Å². The Hall–Kier alpha value is -0.570. The topological polar surface area (TPSA) is 40.5 Å². The Morgan fingerprint density at radius 2 is 1.82 bits per heavy atom. The summed E-state index contributed by atoms with van der Waals surface area (Å²) in [6, 6.07) is 0.312. The highest BCUT2D eigenvalue weighted by atomic mass is 16.4. The molecule has 1 saturated carbocycles. The van der Waals surface area contributed by atoms with E-state index in [1.54, 1.807) is 0 Å². The summed E-state index contributed by atoms with van der Waals surface area (Å²) in [6.45, 7) is 6.76. The molecule has 0 spiro atoms. The zero-order valence-corrected chi connectivity index (χ0v) is 11.1. The van der Waals surface area contributed by atoms with Crippen molar-refractivity contribution in [2.45, 2.75) is 58.4 Å². The summed E-state index contributed by atoms with van der Waals surface area (Å²) < 4.78 is 0. The van der Waals surface area contributed by atoms with Crippen molar-refractivity contribution in [2.75, 3.05) is 13.1 Å². The first kappa shape index (κ1) is 12.9. The molecule has 2 atom stereocenters. The molecule has 0 aromatic rings. The molecular weight excluding hydrogens is 214 g/mol. The summed E-state index contributed by atoms with van der Waals surface area (Å²) in [5.74, 6) is -0.698. The average molecular weight is 239 g/mol. The van der Waals surface area contributed by atoms with Crippen LogP contribution in [-0.4, -0.2) is 35.1 Å². The van der Waals surface area contributed by atoms with E-state index in [0.717, 1.165) is 32.4 Å². The predicted molar refractivity (Wildman–Crippen MR) is 68.0 cm³/mol. The number of nitrogens with zero attached hydrogens (tertiary/aromatic N) is 1. The average Bonchev–Trinajstić information content (AvgIpc) is 2.29. The molecule has 1 aliphatic carbocycles. The third-order valence-electron chi connectivity index (χ3n) is 5.09. The van der Waals surface area contributed by atoms with Crippen molar-refractivity contribution in [3.63, 3.8) is 0 Å². The second kappa shape index (κ2) is 4.97. The van der Waals surface area contributed by atoms with Crippen molar-refractivity contribution in [1.82, 2.24) is 4.90 Å². The van der Waals surface area contributed by atoms with Gasteiger partial charge in [0, 0.05) is 19.1 Å². The smallest absolute Gasteiger partial charge is 0.308 e. The van der Waals surface area contributed by atoms with Gasteiger partial charge < -0.3 is 5.11 Å². The molecule has 2 unspecified atom stereocenters. The van der Waals surface area contributed by atoms with Crippen LogP contribution in [0.4, 0.5) is 0 Å². The molecule has 0 aromatic carbocycles. The number of carbonyl (C=O) groups is 1. The summed E-state index contributed by atoms with van der Waals surface area (Å²) in [4.78, 5) is 13.7. The molecule has 2 fully saturated rings. The highest BCUT2D eigenvalue weighted by Crippen LogP contribution is 2.42. The van der Waals surface area contributed by atoms with Crippen LogP contribution in [0.15, 0.2) is 0 Å². The van der Waals surface area contributed by atoms with Gasteiger partial charge in [-0.2, -0.15) is 0 Å². The van der Waals surface area contributed by atoms with Crippen LogP contribution in [0, 0.1) is 11.3 Å². The van der Waals surface area contributed by atoms with Crippen LogP contribution in [0.2, 0.25) is 0 Å². The molecule has 0 bridgehead atoms. The molecule has 1 N–H and O–H groups in total. The van der Waals surface area contributed by atoms with Crippen LogP contribution in [0.3, 0.4) is 0 Å². The van der Waals surface area contributed by atoms with Gasteiger partial charge in [0.05, 0.1) is 5.92 Å². The standard InChI is InChI=1S/C14H25NO2/c1-3-14(4-2)9-15(10-14)12-8-6-5-7-11(12)13(16)17/h11-12H,3-10H2,1-2H3,(H,16,17). The highest BCUT2D eigenvalue weighted by molar-refractivity contribution is 5.71. The first-order valence-corrected chi connectivity index (χ1v) is 7.09. The molecule has 2 aliphatic rings. The summed E-state index contributed by atoms with van der Waals surface area (Å²) in [6.07, 6.45) is 6.71.